The molecule has 0 fully saturated rings. The number of benzene rings is 2. The first-order chi connectivity index (χ1) is 13.1. The van der Waals surface area contributed by atoms with Crippen LogP contribution in [-0.2, 0) is 13.0 Å². The number of nitrogens with one attached hydrogen (secondary N) is 1. The summed E-state index contributed by atoms with van der Waals surface area (Å²) < 4.78 is 14.6. The minimum Gasteiger partial charge on any atom is -0.406 e. The molecular weight excluding hydrogens is 347 g/mol. The number of rotatable bonds is 6. The van der Waals surface area contributed by atoms with E-state index in [0.29, 0.717) is 11.3 Å². The normalized spacial score (nSPS) is 10.4. The van der Waals surface area contributed by atoms with Crippen molar-refractivity contribution in [1.82, 2.24) is 4.73 Å². The van der Waals surface area contributed by atoms with Gasteiger partial charge < -0.3 is 10.2 Å². The molecule has 1 N–H and O–H groups in total. The van der Waals surface area contributed by atoms with Crippen LogP contribution < -0.4 is 15.7 Å². The van der Waals surface area contributed by atoms with Crippen LogP contribution >= 0.6 is 0 Å². The second-order valence-corrected chi connectivity index (χ2v) is 5.88. The minimum absolute atomic E-state index is 0.0584. The number of halogens is 1. The fraction of sp³-hybridized carbons (Fsp3) is 0.143. The quantitative estimate of drug-likeness (QED) is 0.727. The molecule has 0 bridgehead atoms. The third-order valence-electron chi connectivity index (χ3n) is 4.12. The Morgan fingerprint density at radius 1 is 1.04 bits per heavy atom. The van der Waals surface area contributed by atoms with E-state index in [9.17, 15) is 14.0 Å². The summed E-state index contributed by atoms with van der Waals surface area (Å²) in [6.45, 7) is 1.85. The van der Waals surface area contributed by atoms with Crippen molar-refractivity contribution in [1.29, 1.82) is 0 Å². The minimum atomic E-state index is -0.611. The fourth-order valence-electron chi connectivity index (χ4n) is 2.64. The number of hydrogen-bond acceptors (Lipinski definition) is 3. The lowest BCUT2D eigenvalue weighted by atomic mass is 10.1. The lowest BCUT2D eigenvalue weighted by molar-refractivity contribution is 0.0847. The van der Waals surface area contributed by atoms with E-state index in [1.807, 2.05) is 25.1 Å². The predicted molar refractivity (Wildman–Crippen MR) is 101 cm³/mol. The molecule has 1 heterocycles. The van der Waals surface area contributed by atoms with Crippen molar-refractivity contribution in [2.24, 2.45) is 0 Å². The van der Waals surface area contributed by atoms with Crippen molar-refractivity contribution in [3.8, 4) is 0 Å². The van der Waals surface area contributed by atoms with E-state index in [1.54, 1.807) is 24.3 Å². The zero-order chi connectivity index (χ0) is 19.2. The van der Waals surface area contributed by atoms with E-state index in [2.05, 4.69) is 5.32 Å². The van der Waals surface area contributed by atoms with E-state index in [0.717, 1.165) is 16.7 Å². The van der Waals surface area contributed by atoms with Gasteiger partial charge in [0.05, 0.1) is 0 Å². The van der Waals surface area contributed by atoms with Gasteiger partial charge in [0.25, 0.3) is 11.5 Å². The van der Waals surface area contributed by atoms with Gasteiger partial charge in [0, 0.05) is 17.4 Å². The Balaban J connectivity index is 1.79. The maximum Gasteiger partial charge on any atom is 0.295 e. The number of hydrogen-bond donors (Lipinski definition) is 1. The van der Waals surface area contributed by atoms with Crippen molar-refractivity contribution in [2.75, 3.05) is 5.32 Å². The van der Waals surface area contributed by atoms with Gasteiger partial charge in [0.15, 0.2) is 0 Å². The van der Waals surface area contributed by atoms with E-state index < -0.39 is 17.3 Å². The molecule has 3 aromatic rings. The first kappa shape index (κ1) is 18.4. The van der Waals surface area contributed by atoms with E-state index in [1.165, 1.54) is 24.4 Å². The summed E-state index contributed by atoms with van der Waals surface area (Å²) in [7, 11) is 0. The number of amides is 1. The summed E-state index contributed by atoms with van der Waals surface area (Å²) in [6.07, 6.45) is 2.14. The SMILES string of the molecule is CCc1ccccc1NC(=O)c1cccn(OCc2ccccc2F)c1=O. The molecule has 5 nitrogen and oxygen atoms in total. The lowest BCUT2D eigenvalue weighted by Crippen LogP contribution is -2.32. The Morgan fingerprint density at radius 2 is 1.74 bits per heavy atom. The lowest BCUT2D eigenvalue weighted by Gasteiger charge is -2.12. The topological polar surface area (TPSA) is 60.3 Å². The van der Waals surface area contributed by atoms with Crippen molar-refractivity contribution < 1.29 is 14.0 Å². The third-order valence-corrected chi connectivity index (χ3v) is 4.12. The molecule has 0 aliphatic heterocycles. The first-order valence-corrected chi connectivity index (χ1v) is 8.57. The zero-order valence-electron chi connectivity index (χ0n) is 14.8. The predicted octanol–water partition coefficient (Wildman–Crippen LogP) is 3.43. The van der Waals surface area contributed by atoms with Gasteiger partial charge in [-0.2, -0.15) is 4.73 Å². The number of anilines is 1. The highest BCUT2D eigenvalue weighted by molar-refractivity contribution is 6.04. The van der Waals surface area contributed by atoms with Crippen LogP contribution in [0, 0.1) is 5.82 Å². The molecule has 3 rings (SSSR count). The number of aryl methyl sites for hydroxylation is 1. The third kappa shape index (κ3) is 4.23. The van der Waals surface area contributed by atoms with Crippen molar-refractivity contribution >= 4 is 11.6 Å². The van der Waals surface area contributed by atoms with Gasteiger partial charge in [0.1, 0.15) is 18.0 Å². The van der Waals surface area contributed by atoms with Gasteiger partial charge in [-0.25, -0.2) is 4.39 Å². The molecule has 0 aliphatic rings. The molecule has 1 aromatic heterocycles. The van der Waals surface area contributed by atoms with Gasteiger partial charge in [-0.05, 0) is 36.2 Å². The Hall–Kier alpha value is -3.41. The van der Waals surface area contributed by atoms with Crippen LogP contribution in [0.3, 0.4) is 0 Å². The molecule has 0 radical (unpaired) electrons. The number of para-hydroxylation sites is 1. The van der Waals surface area contributed by atoms with Crippen LogP contribution in [0.5, 0.6) is 0 Å². The smallest absolute Gasteiger partial charge is 0.295 e. The van der Waals surface area contributed by atoms with Crippen LogP contribution in [0.2, 0.25) is 0 Å². The summed E-state index contributed by atoms with van der Waals surface area (Å²) in [6, 6.07) is 16.5. The first-order valence-electron chi connectivity index (χ1n) is 8.57. The molecule has 0 atom stereocenters. The Labute approximate surface area is 156 Å². The number of carbonyl (C=O) groups excluding carboxylic acids is 1. The highest BCUT2D eigenvalue weighted by Crippen LogP contribution is 2.16. The standard InChI is InChI=1S/C21H19FN2O3/c1-2-15-8-4-6-12-19(15)23-20(25)17-10-7-13-24(21(17)26)27-14-16-9-3-5-11-18(16)22/h3-13H,2,14H2,1H3,(H,23,25). The molecule has 0 unspecified atom stereocenters. The summed E-state index contributed by atoms with van der Waals surface area (Å²) >= 11 is 0. The monoisotopic (exact) mass is 366 g/mol. The zero-order valence-corrected chi connectivity index (χ0v) is 14.8. The summed E-state index contributed by atoms with van der Waals surface area (Å²) in [5, 5.41) is 2.76. The van der Waals surface area contributed by atoms with Gasteiger partial charge in [0.2, 0.25) is 0 Å². The van der Waals surface area contributed by atoms with E-state index in [-0.39, 0.29) is 12.2 Å². The van der Waals surface area contributed by atoms with Crippen LogP contribution in [0.15, 0.2) is 71.7 Å². The van der Waals surface area contributed by atoms with E-state index in [4.69, 9.17) is 4.84 Å². The van der Waals surface area contributed by atoms with Gasteiger partial charge in [-0.15, -0.1) is 0 Å². The Kier molecular flexibility index (Phi) is 5.66. The van der Waals surface area contributed by atoms with Crippen LogP contribution in [-0.4, -0.2) is 10.6 Å². The summed E-state index contributed by atoms with van der Waals surface area (Å²) in [5.41, 5.74) is 1.28. The summed E-state index contributed by atoms with van der Waals surface area (Å²) in [4.78, 5) is 30.5. The number of pyridine rings is 1. The Morgan fingerprint density at radius 3 is 2.48 bits per heavy atom. The maximum absolute atomic E-state index is 13.7. The second kappa shape index (κ2) is 8.31. The van der Waals surface area contributed by atoms with Crippen molar-refractivity contribution in [3.63, 3.8) is 0 Å². The molecular formula is C21H19FN2O3. The van der Waals surface area contributed by atoms with Gasteiger partial charge >= 0.3 is 0 Å². The molecule has 0 saturated heterocycles. The molecule has 0 aliphatic carbocycles. The molecule has 2 aromatic carbocycles. The number of nitrogens with zero attached hydrogens (tertiary/aromatic N) is 1. The highest BCUT2D eigenvalue weighted by Gasteiger charge is 2.14. The summed E-state index contributed by atoms with van der Waals surface area (Å²) in [5.74, 6) is -0.944. The van der Waals surface area contributed by atoms with Crippen LogP contribution in [0.1, 0.15) is 28.4 Å². The van der Waals surface area contributed by atoms with Gasteiger partial charge in [-0.3, -0.25) is 9.59 Å². The fourth-order valence-corrected chi connectivity index (χ4v) is 2.64. The second-order valence-electron chi connectivity index (χ2n) is 5.88. The van der Waals surface area contributed by atoms with Crippen molar-refractivity contribution in [3.05, 3.63) is 99.7 Å². The highest BCUT2D eigenvalue weighted by atomic mass is 19.1. The maximum atomic E-state index is 13.7. The molecule has 27 heavy (non-hydrogen) atoms. The average Bonchev–Trinajstić information content (AvgIpc) is 2.68. The average molecular weight is 366 g/mol. The molecule has 138 valence electrons. The van der Waals surface area contributed by atoms with Crippen LogP contribution in [0.4, 0.5) is 10.1 Å². The van der Waals surface area contributed by atoms with Crippen molar-refractivity contribution in [2.45, 2.75) is 20.0 Å². The largest absolute Gasteiger partial charge is 0.406 e. The molecule has 6 heteroatoms. The van der Waals surface area contributed by atoms with E-state index >= 15 is 0 Å². The molecule has 0 spiro atoms. The number of aromatic nitrogens is 1. The van der Waals surface area contributed by atoms with Crippen LogP contribution in [0.25, 0.3) is 0 Å². The number of carbonyl (C=O) groups is 1. The molecule has 0 saturated carbocycles. The Bertz CT molecular complexity index is 1010. The molecule has 1 amide bonds. The van der Waals surface area contributed by atoms with Gasteiger partial charge in [-0.1, -0.05) is 43.3 Å².